The van der Waals surface area contributed by atoms with Gasteiger partial charge in [0.25, 0.3) is 5.91 Å². The molecule has 1 spiro atoms. The summed E-state index contributed by atoms with van der Waals surface area (Å²) in [6.45, 7) is 8.86. The van der Waals surface area contributed by atoms with Crippen LogP contribution in [0.3, 0.4) is 0 Å². The van der Waals surface area contributed by atoms with Crippen molar-refractivity contribution in [1.29, 1.82) is 0 Å². The van der Waals surface area contributed by atoms with Crippen LogP contribution in [-0.4, -0.2) is 82.1 Å². The van der Waals surface area contributed by atoms with Crippen LogP contribution in [0.4, 0.5) is 5.69 Å². The molecule has 2 aromatic carbocycles. The molecule has 3 saturated heterocycles. The van der Waals surface area contributed by atoms with E-state index in [4.69, 9.17) is 21.1 Å². The van der Waals surface area contributed by atoms with Gasteiger partial charge in [-0.1, -0.05) is 70.0 Å². The number of esters is 1. The molecule has 2 aromatic rings. The molecule has 250 valence electrons. The Morgan fingerprint density at radius 3 is 2.53 bits per heavy atom. The Balaban J connectivity index is 1.52. The minimum atomic E-state index is -1.40. The van der Waals surface area contributed by atoms with Gasteiger partial charge in [-0.2, -0.15) is 0 Å². The third kappa shape index (κ3) is 6.63. The predicted molar refractivity (Wildman–Crippen MR) is 181 cm³/mol. The fraction of sp³-hybridized carbons (Fsp3) is 0.429. The first kappa shape index (κ1) is 34.8. The average Bonchev–Trinajstić information content (AvgIpc) is 3.66. The number of likely N-dealkylation sites (tertiary alicyclic amines) is 1. The molecule has 2 bridgehead atoms. The predicted octanol–water partition coefficient (Wildman–Crippen LogP) is 4.35. The highest BCUT2D eigenvalue weighted by molar-refractivity contribution is 9.09. The molecule has 2 N–H and O–H groups in total. The van der Waals surface area contributed by atoms with E-state index >= 15 is 0 Å². The Morgan fingerprint density at radius 2 is 1.89 bits per heavy atom. The number of rotatable bonds is 14. The summed E-state index contributed by atoms with van der Waals surface area (Å²) in [7, 11) is 0. The van der Waals surface area contributed by atoms with Gasteiger partial charge in [0.15, 0.2) is 0 Å². The Labute approximate surface area is 287 Å². The molecule has 3 aliphatic rings. The summed E-state index contributed by atoms with van der Waals surface area (Å²) in [5.74, 6) is -3.85. The topological polar surface area (TPSA) is 125 Å². The second-order valence-electron chi connectivity index (χ2n) is 12.1. The van der Waals surface area contributed by atoms with Crippen molar-refractivity contribution in [3.05, 3.63) is 90.5 Å². The SMILES string of the molecule is C=CCCC(=O)NC[C@H](C)OC(=O)[C@@H]1[C@H]2O[C@@]3(CC2Br)[C@H](C(=O)N(CC=C)c2ccc(Cl)cc2)N([C@H](CO)c2ccccc2)C(=O)[C@@H]13. The standard InChI is InChI=1S/C35H39BrClN3O7/c1-4-6-12-27(42)38-19-21(3)46-34(45)28-29-32(43)40(26(20-41)22-10-8-7-9-11-22)31(35(29)18-25(36)30(28)47-35)33(44)39(17-5-2)24-15-13-23(37)14-16-24/h4-5,7-11,13-16,21,25-26,28-31,41H,1-2,6,12,17-20H2,3H3,(H,38,42)/t21-,25?,26+,28-,29+,30-,31-,35+/m0/s1. The zero-order valence-corrected chi connectivity index (χ0v) is 28.4. The molecule has 3 fully saturated rings. The van der Waals surface area contributed by atoms with E-state index in [1.54, 1.807) is 67.6 Å². The maximum Gasteiger partial charge on any atom is 0.312 e. The second-order valence-corrected chi connectivity index (χ2v) is 13.7. The number of anilines is 1. The van der Waals surface area contributed by atoms with E-state index in [2.05, 4.69) is 34.4 Å². The highest BCUT2D eigenvalue weighted by atomic mass is 79.9. The molecule has 3 aliphatic heterocycles. The first-order valence-corrected chi connectivity index (χ1v) is 16.9. The summed E-state index contributed by atoms with van der Waals surface area (Å²) in [5, 5.41) is 14.0. The monoisotopic (exact) mass is 727 g/mol. The molecule has 8 atom stereocenters. The van der Waals surface area contributed by atoms with Crippen LogP contribution in [0.5, 0.6) is 0 Å². The van der Waals surface area contributed by atoms with E-state index < -0.39 is 66.1 Å². The molecule has 0 aromatic heterocycles. The van der Waals surface area contributed by atoms with Gasteiger partial charge in [0.2, 0.25) is 11.8 Å². The first-order chi connectivity index (χ1) is 22.6. The number of ether oxygens (including phenoxy) is 2. The van der Waals surface area contributed by atoms with Gasteiger partial charge in [-0.15, -0.1) is 13.2 Å². The van der Waals surface area contributed by atoms with E-state index in [0.717, 1.165) is 0 Å². The molecule has 10 nitrogen and oxygen atoms in total. The van der Waals surface area contributed by atoms with Gasteiger partial charge < -0.3 is 29.7 Å². The van der Waals surface area contributed by atoms with Crippen molar-refractivity contribution in [2.75, 3.05) is 24.6 Å². The van der Waals surface area contributed by atoms with Gasteiger partial charge in [0.05, 0.1) is 37.1 Å². The third-order valence-electron chi connectivity index (χ3n) is 9.12. The van der Waals surface area contributed by atoms with Crippen molar-refractivity contribution >= 4 is 56.9 Å². The lowest BCUT2D eigenvalue weighted by molar-refractivity contribution is -0.159. The van der Waals surface area contributed by atoms with E-state index in [-0.39, 0.29) is 36.7 Å². The van der Waals surface area contributed by atoms with E-state index in [1.165, 1.54) is 9.80 Å². The van der Waals surface area contributed by atoms with Gasteiger partial charge in [0.1, 0.15) is 17.7 Å². The maximum absolute atomic E-state index is 14.9. The van der Waals surface area contributed by atoms with Crippen molar-refractivity contribution in [2.24, 2.45) is 11.8 Å². The number of aliphatic hydroxyl groups is 1. The number of halogens is 2. The van der Waals surface area contributed by atoms with Gasteiger partial charge in [-0.3, -0.25) is 19.2 Å². The molecule has 0 radical (unpaired) electrons. The fourth-order valence-corrected chi connectivity index (χ4v) is 8.17. The first-order valence-electron chi connectivity index (χ1n) is 15.6. The van der Waals surface area contributed by atoms with Crippen LogP contribution in [-0.2, 0) is 28.7 Å². The summed E-state index contributed by atoms with van der Waals surface area (Å²) < 4.78 is 12.4. The van der Waals surface area contributed by atoms with E-state index in [1.807, 2.05) is 6.07 Å². The zero-order valence-electron chi connectivity index (χ0n) is 26.1. The number of amides is 3. The summed E-state index contributed by atoms with van der Waals surface area (Å²) >= 11 is 9.83. The largest absolute Gasteiger partial charge is 0.460 e. The number of alkyl halides is 1. The second kappa shape index (κ2) is 14.7. The van der Waals surface area contributed by atoms with Crippen LogP contribution in [0.15, 0.2) is 79.9 Å². The van der Waals surface area contributed by atoms with Crippen LogP contribution in [0.25, 0.3) is 0 Å². The number of fused-ring (bicyclic) bond motifs is 1. The molecule has 12 heteroatoms. The van der Waals surface area contributed by atoms with Crippen LogP contribution in [0.1, 0.15) is 37.8 Å². The number of carbonyl (C=O) groups excluding carboxylic acids is 4. The maximum atomic E-state index is 14.9. The Morgan fingerprint density at radius 1 is 1.19 bits per heavy atom. The van der Waals surface area contributed by atoms with Crippen molar-refractivity contribution in [1.82, 2.24) is 10.2 Å². The van der Waals surface area contributed by atoms with Crippen molar-refractivity contribution < 1.29 is 33.8 Å². The van der Waals surface area contributed by atoms with Crippen LogP contribution in [0, 0.1) is 11.8 Å². The van der Waals surface area contributed by atoms with Gasteiger partial charge in [0, 0.05) is 28.5 Å². The molecule has 3 amide bonds. The molecular formula is C35H39BrClN3O7. The molecule has 3 heterocycles. The lowest BCUT2D eigenvalue weighted by Gasteiger charge is -2.39. The van der Waals surface area contributed by atoms with Crippen molar-refractivity contribution in [2.45, 2.75) is 60.9 Å². The number of allylic oxidation sites excluding steroid dienone is 1. The zero-order chi connectivity index (χ0) is 33.9. The average molecular weight is 729 g/mol. The highest BCUT2D eigenvalue weighted by Gasteiger charge is 2.77. The Hall–Kier alpha value is -3.51. The smallest absolute Gasteiger partial charge is 0.312 e. The highest BCUT2D eigenvalue weighted by Crippen LogP contribution is 2.61. The quantitative estimate of drug-likeness (QED) is 0.168. The summed E-state index contributed by atoms with van der Waals surface area (Å²) in [6.07, 6.45) is 2.87. The van der Waals surface area contributed by atoms with E-state index in [9.17, 15) is 24.3 Å². The molecule has 0 saturated carbocycles. The van der Waals surface area contributed by atoms with Crippen molar-refractivity contribution in [3.8, 4) is 0 Å². The van der Waals surface area contributed by atoms with Gasteiger partial charge >= 0.3 is 5.97 Å². The molecule has 47 heavy (non-hydrogen) atoms. The van der Waals surface area contributed by atoms with Gasteiger partial charge in [-0.25, -0.2) is 0 Å². The van der Waals surface area contributed by atoms with Gasteiger partial charge in [-0.05, 0) is 49.6 Å². The summed E-state index contributed by atoms with van der Waals surface area (Å²) in [5.41, 5.74) is -0.230. The number of nitrogens with zero attached hydrogens (tertiary/aromatic N) is 2. The number of benzene rings is 2. The number of nitrogens with one attached hydrogen (secondary N) is 1. The number of hydrogen-bond donors (Lipinski definition) is 2. The van der Waals surface area contributed by atoms with Crippen LogP contribution < -0.4 is 10.2 Å². The normalized spacial score (nSPS) is 27.1. The summed E-state index contributed by atoms with van der Waals surface area (Å²) in [4.78, 5) is 58.1. The lowest BCUT2D eigenvalue weighted by Crippen LogP contribution is -2.57. The number of carbonyl (C=O) groups is 4. The summed E-state index contributed by atoms with van der Waals surface area (Å²) in [6, 6.07) is 13.6. The molecule has 1 unspecified atom stereocenters. The minimum Gasteiger partial charge on any atom is -0.460 e. The van der Waals surface area contributed by atoms with E-state index in [0.29, 0.717) is 22.7 Å². The Bertz CT molecular complexity index is 1510. The number of aliphatic hydroxyl groups excluding tert-OH is 1. The molecule has 5 rings (SSSR count). The van der Waals surface area contributed by atoms with Crippen LogP contribution in [0.2, 0.25) is 5.02 Å². The number of hydrogen-bond acceptors (Lipinski definition) is 7. The minimum absolute atomic E-state index is 0.0902. The third-order valence-corrected chi connectivity index (χ3v) is 10.2. The van der Waals surface area contributed by atoms with Crippen molar-refractivity contribution in [3.63, 3.8) is 0 Å². The lowest BCUT2D eigenvalue weighted by atomic mass is 9.70. The molecular weight excluding hydrogens is 690 g/mol. The molecule has 0 aliphatic carbocycles. The van der Waals surface area contributed by atoms with Crippen LogP contribution >= 0.6 is 27.5 Å². The fourth-order valence-electron chi connectivity index (χ4n) is 7.10. The Kier molecular flexibility index (Phi) is 10.9.